The second-order valence-corrected chi connectivity index (χ2v) is 31.4. The summed E-state index contributed by atoms with van der Waals surface area (Å²) in [6, 6.07) is 0. The first-order valence-electron chi connectivity index (χ1n) is 11.1. The van der Waals surface area contributed by atoms with E-state index in [-0.39, 0.29) is 26.2 Å². The second-order valence-electron chi connectivity index (χ2n) is 11.9. The van der Waals surface area contributed by atoms with Gasteiger partial charge in [-0.25, -0.2) is 0 Å². The molecule has 170 valence electrons. The number of rotatable bonds is 5. The van der Waals surface area contributed by atoms with E-state index in [1.54, 1.807) is 10.4 Å². The van der Waals surface area contributed by atoms with Crippen molar-refractivity contribution in [1.29, 1.82) is 0 Å². The van der Waals surface area contributed by atoms with Crippen LogP contribution in [0.1, 0.15) is 0 Å². The molecule has 31 heavy (non-hydrogen) atoms. The molecule has 0 spiro atoms. The molecule has 2 rings (SSSR count). The third-order valence-corrected chi connectivity index (χ3v) is 10.4. The molecule has 0 aliphatic heterocycles. The van der Waals surface area contributed by atoms with E-state index in [4.69, 9.17) is 0 Å². The van der Waals surface area contributed by atoms with Gasteiger partial charge in [0.25, 0.3) is 0 Å². The molecule has 0 nitrogen and oxygen atoms in total. The summed E-state index contributed by atoms with van der Waals surface area (Å²) in [6.07, 6.45) is 20.0. The Kier molecular flexibility index (Phi) is 16.9. The van der Waals surface area contributed by atoms with E-state index in [0.29, 0.717) is 0 Å². The molecule has 0 saturated heterocycles. The van der Waals surface area contributed by atoms with Crippen LogP contribution in [0.4, 0.5) is 0 Å². The molecule has 10 radical (unpaired) electrons. The summed E-state index contributed by atoms with van der Waals surface area (Å²) in [4.78, 5) is 0. The van der Waals surface area contributed by atoms with E-state index in [1.165, 1.54) is 0 Å². The Hall–Kier alpha value is 1.23. The van der Waals surface area contributed by atoms with Crippen LogP contribution in [0.5, 0.6) is 0 Å². The van der Waals surface area contributed by atoms with Crippen molar-refractivity contribution in [1.82, 2.24) is 0 Å². The van der Waals surface area contributed by atoms with Crippen molar-refractivity contribution in [2.75, 3.05) is 0 Å². The van der Waals surface area contributed by atoms with Gasteiger partial charge in [-0.05, 0) is 96.5 Å². The minimum absolute atomic E-state index is 0. The predicted octanol–water partition coefficient (Wildman–Crippen LogP) is 8.00. The molecule has 0 atom stereocenters. The van der Waals surface area contributed by atoms with Gasteiger partial charge >= 0.3 is 26.2 Å². The third kappa shape index (κ3) is 19.3. The van der Waals surface area contributed by atoms with Crippen molar-refractivity contribution >= 4 is 32.3 Å². The Morgan fingerprint density at radius 1 is 0.387 bits per heavy atom. The van der Waals surface area contributed by atoms with E-state index in [2.05, 4.69) is 90.0 Å². The average molecular weight is 562 g/mol. The first-order chi connectivity index (χ1) is 13.4. The molecule has 2 aliphatic rings. The quantitative estimate of drug-likeness (QED) is 0.181. The Balaban J connectivity index is 0. The van der Waals surface area contributed by atoms with E-state index in [0.717, 1.165) is 0 Å². The van der Waals surface area contributed by atoms with Gasteiger partial charge in [0.15, 0.2) is 0 Å². The molecule has 0 amide bonds. The molecular weight excluding hydrogens is 516 g/mol. The fourth-order valence-electron chi connectivity index (χ4n) is 2.64. The molecule has 0 unspecified atom stereocenters. The Morgan fingerprint density at radius 2 is 0.548 bits per heavy atom. The molecule has 0 aromatic rings. The van der Waals surface area contributed by atoms with Gasteiger partial charge in [-0.3, -0.25) is 0 Å². The molecule has 0 aromatic carbocycles. The molecule has 0 heterocycles. The normalized spacial score (nSPS) is 18.5. The van der Waals surface area contributed by atoms with Crippen LogP contribution in [0.25, 0.3) is 0 Å². The minimum Gasteiger partial charge on any atom is -0.379 e. The molecule has 0 bridgehead atoms. The van der Waals surface area contributed by atoms with E-state index >= 15 is 0 Å². The zero-order chi connectivity index (χ0) is 23.6. The fraction of sp³-hybridized carbons (Fsp3) is 0.462. The SMILES string of the molecule is C[Si](C)(C)[C-]=C(C(=[C-][Si](C)(C)C)[Si](C)(C)C)[Si](C)(C)C.[CH]1[CH][CH][CH][CH]1.[CH]1[CH][CH][CH][CH]1.[Zr+2]. The first kappa shape index (κ1) is 34.4. The Labute approximate surface area is 221 Å². The Morgan fingerprint density at radius 3 is 0.645 bits per heavy atom. The summed E-state index contributed by atoms with van der Waals surface area (Å²) in [6.45, 7) is 29.3. The number of hydrogen-bond donors (Lipinski definition) is 0. The summed E-state index contributed by atoms with van der Waals surface area (Å²) in [5.41, 5.74) is 8.00. The van der Waals surface area contributed by atoms with Gasteiger partial charge < -0.3 is 21.8 Å². The van der Waals surface area contributed by atoms with Crippen LogP contribution in [-0.4, -0.2) is 32.3 Å². The van der Waals surface area contributed by atoms with Gasteiger partial charge in [-0.15, -0.1) is 0 Å². The summed E-state index contributed by atoms with van der Waals surface area (Å²) >= 11 is 0. The van der Waals surface area contributed by atoms with Crippen LogP contribution in [0.15, 0.2) is 10.4 Å². The Bertz CT molecular complexity index is 464. The van der Waals surface area contributed by atoms with Crippen molar-refractivity contribution in [2.45, 2.75) is 78.6 Å². The summed E-state index contributed by atoms with van der Waals surface area (Å²) in [5, 5.41) is 3.22. The van der Waals surface area contributed by atoms with Gasteiger partial charge in [0.2, 0.25) is 0 Å². The predicted molar refractivity (Wildman–Crippen MR) is 150 cm³/mol. The molecule has 5 heteroatoms. The number of hydrogen-bond acceptors (Lipinski definition) is 0. The standard InChI is InChI=1S/C16H36Si4.2C5H5.Zr/c1-17(2,3)13-15(19(7,8)9)16(20(10,11)12)14-18(4,5)6;2*1-2-4-5-3-1;/h1-12H3;2*1-5H;/q-2;;;+2. The molecule has 2 saturated carbocycles. The monoisotopic (exact) mass is 560 g/mol. The minimum atomic E-state index is -1.37. The molecular formula is C26H46Si4Zr. The maximum absolute atomic E-state index is 4.00. The maximum atomic E-state index is 4.00. The molecule has 0 aromatic heterocycles. The zero-order valence-corrected chi connectivity index (χ0v) is 28.7. The zero-order valence-electron chi connectivity index (χ0n) is 22.3. The fourth-order valence-corrected chi connectivity index (χ4v) is 13.8. The van der Waals surface area contributed by atoms with Gasteiger partial charge in [0.1, 0.15) is 0 Å². The van der Waals surface area contributed by atoms with Gasteiger partial charge in [0.05, 0.1) is 0 Å². The number of allylic oxidation sites excluding steroid dienone is 2. The van der Waals surface area contributed by atoms with Crippen molar-refractivity contribution in [3.8, 4) is 0 Å². The van der Waals surface area contributed by atoms with Crippen LogP contribution < -0.4 is 0 Å². The summed E-state index contributed by atoms with van der Waals surface area (Å²) < 4.78 is 0. The largest absolute Gasteiger partial charge is 2.00 e. The van der Waals surface area contributed by atoms with Crippen LogP contribution in [0.3, 0.4) is 0 Å². The van der Waals surface area contributed by atoms with Crippen LogP contribution >= 0.6 is 0 Å². The van der Waals surface area contributed by atoms with E-state index in [9.17, 15) is 0 Å². The van der Waals surface area contributed by atoms with Crippen LogP contribution in [-0.2, 0) is 26.2 Å². The average Bonchev–Trinajstić information content (AvgIpc) is 3.23. The van der Waals surface area contributed by atoms with Crippen LogP contribution in [0, 0.1) is 75.6 Å². The maximum Gasteiger partial charge on any atom is 2.00 e. The molecule has 2 fully saturated rings. The molecule has 0 N–H and O–H groups in total. The van der Waals surface area contributed by atoms with Gasteiger partial charge in [0, 0.05) is 0 Å². The molecule has 2 aliphatic carbocycles. The van der Waals surface area contributed by atoms with Crippen molar-refractivity contribution < 1.29 is 26.2 Å². The first-order valence-corrected chi connectivity index (χ1v) is 25.1. The van der Waals surface area contributed by atoms with Crippen LogP contribution in [0.2, 0.25) is 78.6 Å². The topological polar surface area (TPSA) is 0 Å². The van der Waals surface area contributed by atoms with Gasteiger partial charge in [-0.1, -0.05) is 78.6 Å². The van der Waals surface area contributed by atoms with E-state index < -0.39 is 32.3 Å². The summed E-state index contributed by atoms with van der Waals surface area (Å²) in [7, 11) is -5.39. The van der Waals surface area contributed by atoms with Gasteiger partial charge in [-0.2, -0.15) is 0 Å². The smallest absolute Gasteiger partial charge is 0.379 e. The second kappa shape index (κ2) is 15.3. The van der Waals surface area contributed by atoms with Crippen molar-refractivity contribution in [2.24, 2.45) is 0 Å². The summed E-state index contributed by atoms with van der Waals surface area (Å²) in [5.74, 6) is 0. The van der Waals surface area contributed by atoms with E-state index in [1.807, 2.05) is 64.2 Å². The van der Waals surface area contributed by atoms with Crippen molar-refractivity contribution in [3.05, 3.63) is 86.0 Å². The van der Waals surface area contributed by atoms with Crippen molar-refractivity contribution in [3.63, 3.8) is 0 Å². The third-order valence-electron chi connectivity index (χ3n) is 3.86.